The van der Waals surface area contributed by atoms with E-state index in [1.807, 2.05) is 0 Å². The number of hydrogen-bond donors (Lipinski definition) is 1. The molecule has 1 rings (SSSR count). The van der Waals surface area contributed by atoms with Crippen LogP contribution in [0.5, 0.6) is 0 Å². The highest BCUT2D eigenvalue weighted by atomic mass is 35.5. The topological polar surface area (TPSA) is 15.3 Å². The van der Waals surface area contributed by atoms with Crippen LogP contribution < -0.4 is 5.32 Å². The minimum atomic E-state index is 0. The van der Waals surface area contributed by atoms with Crippen LogP contribution in [-0.2, 0) is 0 Å². The van der Waals surface area contributed by atoms with Crippen LogP contribution >= 0.6 is 24.8 Å². The molecule has 0 spiro atoms. The number of rotatable bonds is 2. The second kappa shape index (κ2) is 8.11. The van der Waals surface area contributed by atoms with Crippen molar-refractivity contribution >= 4 is 24.8 Å². The van der Waals surface area contributed by atoms with Crippen molar-refractivity contribution in [3.05, 3.63) is 0 Å². The summed E-state index contributed by atoms with van der Waals surface area (Å²) in [6, 6.07) is 0.744. The number of nitrogens with one attached hydrogen (secondary N) is 1. The maximum absolute atomic E-state index is 3.38. The average Bonchev–Trinajstić information content (AvgIpc) is 1.94. The van der Waals surface area contributed by atoms with E-state index in [4.69, 9.17) is 0 Å². The highest BCUT2D eigenvalue weighted by molar-refractivity contribution is 5.85. The lowest BCUT2D eigenvalue weighted by Gasteiger charge is -2.33. The van der Waals surface area contributed by atoms with Crippen LogP contribution in [0.4, 0.5) is 0 Å². The Kier molecular flexibility index (Phi) is 10.1. The van der Waals surface area contributed by atoms with Crippen LogP contribution in [0, 0.1) is 0 Å². The first-order chi connectivity index (χ1) is 4.84. The second-order valence-electron chi connectivity index (χ2n) is 3.09. The summed E-state index contributed by atoms with van der Waals surface area (Å²) in [4.78, 5) is 2.55. The van der Waals surface area contributed by atoms with Gasteiger partial charge in [-0.25, -0.2) is 0 Å². The van der Waals surface area contributed by atoms with Crippen LogP contribution in [0.2, 0.25) is 0 Å². The molecule has 0 bridgehead atoms. The summed E-state index contributed by atoms with van der Waals surface area (Å²) < 4.78 is 0. The van der Waals surface area contributed by atoms with Gasteiger partial charge in [0.05, 0.1) is 0 Å². The molecule has 1 aliphatic rings. The van der Waals surface area contributed by atoms with Crippen LogP contribution in [0.15, 0.2) is 0 Å². The monoisotopic (exact) mass is 214 g/mol. The van der Waals surface area contributed by atoms with E-state index in [2.05, 4.69) is 24.1 Å². The van der Waals surface area contributed by atoms with Gasteiger partial charge in [0.2, 0.25) is 0 Å². The average molecular weight is 215 g/mol. The highest BCUT2D eigenvalue weighted by Gasteiger charge is 2.15. The van der Waals surface area contributed by atoms with E-state index >= 15 is 0 Å². The van der Waals surface area contributed by atoms with Crippen molar-refractivity contribution in [2.24, 2.45) is 0 Å². The molecule has 1 atom stereocenters. The third kappa shape index (κ3) is 4.51. The molecular formula is C8H20Cl2N2. The Morgan fingerprint density at radius 2 is 2.08 bits per heavy atom. The zero-order valence-corrected chi connectivity index (χ0v) is 9.51. The molecule has 1 aliphatic heterocycles. The Balaban J connectivity index is 0. The molecule has 2 nitrogen and oxygen atoms in total. The number of piperazine rings is 1. The largest absolute Gasteiger partial charge is 0.314 e. The quantitative estimate of drug-likeness (QED) is 0.751. The number of halogens is 2. The molecule has 0 amide bonds. The van der Waals surface area contributed by atoms with Crippen molar-refractivity contribution in [2.45, 2.75) is 26.3 Å². The summed E-state index contributed by atoms with van der Waals surface area (Å²) in [6.07, 6.45) is 1.28. The van der Waals surface area contributed by atoms with Gasteiger partial charge in [0.1, 0.15) is 0 Å². The molecular weight excluding hydrogens is 195 g/mol. The summed E-state index contributed by atoms with van der Waals surface area (Å²) in [5, 5.41) is 3.38. The SMILES string of the molecule is CCCN1CCNCC1C.Cl.Cl. The lowest BCUT2D eigenvalue weighted by atomic mass is 10.2. The third-order valence-electron chi connectivity index (χ3n) is 2.15. The van der Waals surface area contributed by atoms with Gasteiger partial charge in [-0.3, -0.25) is 4.90 Å². The molecule has 1 N–H and O–H groups in total. The van der Waals surface area contributed by atoms with Crippen molar-refractivity contribution in [2.75, 3.05) is 26.2 Å². The predicted molar refractivity (Wildman–Crippen MR) is 58.7 cm³/mol. The summed E-state index contributed by atoms with van der Waals surface area (Å²) in [5.74, 6) is 0. The summed E-state index contributed by atoms with van der Waals surface area (Å²) in [7, 11) is 0. The molecule has 1 fully saturated rings. The van der Waals surface area contributed by atoms with Crippen molar-refractivity contribution in [3.8, 4) is 0 Å². The Hall–Kier alpha value is 0.500. The summed E-state index contributed by atoms with van der Waals surface area (Å²) >= 11 is 0. The smallest absolute Gasteiger partial charge is 0.0192 e. The zero-order valence-electron chi connectivity index (χ0n) is 7.88. The number of nitrogens with zero attached hydrogens (tertiary/aromatic N) is 1. The molecule has 0 aromatic heterocycles. The van der Waals surface area contributed by atoms with E-state index in [1.165, 1.54) is 32.6 Å². The first-order valence-electron chi connectivity index (χ1n) is 4.29. The summed E-state index contributed by atoms with van der Waals surface area (Å²) in [5.41, 5.74) is 0. The maximum Gasteiger partial charge on any atom is 0.0192 e. The molecule has 0 radical (unpaired) electrons. The normalized spacial score (nSPS) is 24.0. The second-order valence-corrected chi connectivity index (χ2v) is 3.09. The van der Waals surface area contributed by atoms with Gasteiger partial charge in [0.25, 0.3) is 0 Å². The highest BCUT2D eigenvalue weighted by Crippen LogP contribution is 2.01. The predicted octanol–water partition coefficient (Wildman–Crippen LogP) is 1.53. The van der Waals surface area contributed by atoms with Crippen LogP contribution in [0.1, 0.15) is 20.3 Å². The van der Waals surface area contributed by atoms with E-state index in [0.717, 1.165) is 6.04 Å². The molecule has 0 aromatic carbocycles. The van der Waals surface area contributed by atoms with Gasteiger partial charge in [-0.2, -0.15) is 0 Å². The molecule has 12 heavy (non-hydrogen) atoms. The maximum atomic E-state index is 3.38. The standard InChI is InChI=1S/C8H18N2.2ClH/c1-3-5-10-6-4-9-7-8(10)2;;/h8-9H,3-7H2,1-2H3;2*1H. The van der Waals surface area contributed by atoms with E-state index in [0.29, 0.717) is 0 Å². The minimum absolute atomic E-state index is 0. The van der Waals surface area contributed by atoms with Crippen molar-refractivity contribution < 1.29 is 0 Å². The molecule has 0 saturated carbocycles. The van der Waals surface area contributed by atoms with E-state index in [1.54, 1.807) is 0 Å². The summed E-state index contributed by atoms with van der Waals surface area (Å²) in [6.45, 7) is 9.37. The molecule has 0 aromatic rings. The van der Waals surface area contributed by atoms with E-state index in [9.17, 15) is 0 Å². The molecule has 76 valence electrons. The lowest BCUT2D eigenvalue weighted by molar-refractivity contribution is 0.174. The fourth-order valence-corrected chi connectivity index (χ4v) is 1.50. The lowest BCUT2D eigenvalue weighted by Crippen LogP contribution is -2.49. The zero-order chi connectivity index (χ0) is 7.40. The molecule has 1 saturated heterocycles. The van der Waals surface area contributed by atoms with Gasteiger partial charge in [0, 0.05) is 25.7 Å². The van der Waals surface area contributed by atoms with Crippen LogP contribution in [-0.4, -0.2) is 37.1 Å². The van der Waals surface area contributed by atoms with Gasteiger partial charge >= 0.3 is 0 Å². The van der Waals surface area contributed by atoms with Gasteiger partial charge < -0.3 is 5.32 Å². The Morgan fingerprint density at radius 3 is 2.58 bits per heavy atom. The van der Waals surface area contributed by atoms with Crippen molar-refractivity contribution in [1.82, 2.24) is 10.2 Å². The fourth-order valence-electron chi connectivity index (χ4n) is 1.50. The van der Waals surface area contributed by atoms with E-state index in [-0.39, 0.29) is 24.8 Å². The van der Waals surface area contributed by atoms with Crippen LogP contribution in [0.3, 0.4) is 0 Å². The van der Waals surface area contributed by atoms with Crippen LogP contribution in [0.25, 0.3) is 0 Å². The molecule has 4 heteroatoms. The molecule has 1 unspecified atom stereocenters. The third-order valence-corrected chi connectivity index (χ3v) is 2.15. The first-order valence-corrected chi connectivity index (χ1v) is 4.29. The minimum Gasteiger partial charge on any atom is -0.314 e. The Labute approximate surface area is 87.9 Å². The molecule has 1 heterocycles. The van der Waals surface area contributed by atoms with Gasteiger partial charge in [-0.05, 0) is 19.9 Å². The van der Waals surface area contributed by atoms with Crippen molar-refractivity contribution in [3.63, 3.8) is 0 Å². The van der Waals surface area contributed by atoms with E-state index < -0.39 is 0 Å². The fraction of sp³-hybridized carbons (Fsp3) is 1.00. The van der Waals surface area contributed by atoms with Gasteiger partial charge in [-0.15, -0.1) is 24.8 Å². The number of hydrogen-bond acceptors (Lipinski definition) is 2. The Morgan fingerprint density at radius 1 is 1.42 bits per heavy atom. The molecule has 0 aliphatic carbocycles. The van der Waals surface area contributed by atoms with Gasteiger partial charge in [-0.1, -0.05) is 6.92 Å². The Bertz CT molecular complexity index is 99.1. The first kappa shape index (κ1) is 15.0. The van der Waals surface area contributed by atoms with Crippen molar-refractivity contribution in [1.29, 1.82) is 0 Å². The van der Waals surface area contributed by atoms with Gasteiger partial charge in [0.15, 0.2) is 0 Å².